The van der Waals surface area contributed by atoms with Crippen molar-refractivity contribution < 1.29 is 26.7 Å². The highest BCUT2D eigenvalue weighted by Crippen LogP contribution is 2.23. The van der Waals surface area contributed by atoms with Crippen molar-refractivity contribution in [3.05, 3.63) is 84.0 Å². The smallest absolute Gasteiger partial charge is 0.320 e. The maximum absolute atomic E-state index is 14.7. The zero-order chi connectivity index (χ0) is 28.0. The first kappa shape index (κ1) is 28.0. The van der Waals surface area contributed by atoms with Crippen LogP contribution in [0, 0.1) is 23.0 Å². The van der Waals surface area contributed by atoms with Crippen molar-refractivity contribution in [3.63, 3.8) is 0 Å². The van der Waals surface area contributed by atoms with Gasteiger partial charge in [0, 0.05) is 37.3 Å². The summed E-state index contributed by atoms with van der Waals surface area (Å²) in [6.07, 6.45) is -0.759. The summed E-state index contributed by atoms with van der Waals surface area (Å²) in [5.74, 6) is -2.01. The van der Waals surface area contributed by atoms with Crippen molar-refractivity contribution >= 4 is 23.0 Å². The van der Waals surface area contributed by atoms with Crippen molar-refractivity contribution in [3.8, 4) is 11.8 Å². The molecule has 3 rings (SSSR count). The molecule has 1 amide bonds. The first-order valence-electron chi connectivity index (χ1n) is 10.9. The predicted molar refractivity (Wildman–Crippen MR) is 132 cm³/mol. The number of allylic oxidation sites excluding steroid dienone is 1. The van der Waals surface area contributed by atoms with Gasteiger partial charge in [0.05, 0.1) is 23.5 Å². The van der Waals surface area contributed by atoms with Crippen LogP contribution in [-0.4, -0.2) is 53.4 Å². The van der Waals surface area contributed by atoms with E-state index in [4.69, 9.17) is 5.26 Å². The number of anilines is 2. The van der Waals surface area contributed by atoms with Crippen LogP contribution >= 0.6 is 0 Å². The molecule has 0 unspecified atom stereocenters. The van der Waals surface area contributed by atoms with E-state index in [-0.39, 0.29) is 16.9 Å². The molecule has 198 valence electrons. The molecule has 38 heavy (non-hydrogen) atoms. The Morgan fingerprint density at radius 1 is 1.13 bits per heavy atom. The van der Waals surface area contributed by atoms with Crippen LogP contribution in [0.15, 0.2) is 66.0 Å². The highest BCUT2D eigenvalue weighted by atomic mass is 19.4. The topological polar surface area (TPSA) is 89.6 Å². The second-order valence-corrected chi connectivity index (χ2v) is 8.22. The lowest BCUT2D eigenvalue weighted by atomic mass is 10.2. The molecule has 0 aliphatic carbocycles. The molecule has 0 aliphatic rings. The molecule has 0 aliphatic heterocycles. The van der Waals surface area contributed by atoms with Gasteiger partial charge in [0.1, 0.15) is 23.5 Å². The Labute approximate surface area is 214 Å². The number of rotatable bonds is 8. The number of carbonyl (C=O) groups excluding carboxylic acids is 1. The van der Waals surface area contributed by atoms with Gasteiger partial charge in [0.25, 0.3) is 0 Å². The minimum atomic E-state index is -4.95. The van der Waals surface area contributed by atoms with Gasteiger partial charge in [-0.2, -0.15) is 23.5 Å². The van der Waals surface area contributed by atoms with E-state index in [1.165, 1.54) is 12.1 Å². The zero-order valence-electron chi connectivity index (χ0n) is 20.5. The largest absolute Gasteiger partial charge is 0.435 e. The lowest BCUT2D eigenvalue weighted by molar-refractivity contribution is -0.111. The highest BCUT2D eigenvalue weighted by Gasteiger charge is 2.35. The van der Waals surface area contributed by atoms with E-state index in [1.807, 2.05) is 19.0 Å². The number of nitrogens with one attached hydrogen (secondary N) is 1. The molecule has 0 radical (unpaired) electrons. The first-order chi connectivity index (χ1) is 17.9. The Balaban J connectivity index is 1.77. The number of amides is 1. The minimum Gasteiger partial charge on any atom is -0.320 e. The molecule has 1 heterocycles. The van der Waals surface area contributed by atoms with Crippen molar-refractivity contribution in [2.45, 2.75) is 12.7 Å². The lowest BCUT2D eigenvalue weighted by Crippen LogP contribution is -2.25. The highest BCUT2D eigenvalue weighted by molar-refractivity contribution is 6.07. The summed E-state index contributed by atoms with van der Waals surface area (Å²) in [4.78, 5) is 18.4. The van der Waals surface area contributed by atoms with E-state index in [9.17, 15) is 26.7 Å². The molecule has 13 heteroatoms. The molecular formula is C25H22F5N7O. The number of hydrogen-bond acceptors (Lipinski definition) is 6. The number of alkyl halides is 3. The molecule has 1 aromatic heterocycles. The molecular weight excluding hydrogens is 509 g/mol. The van der Waals surface area contributed by atoms with E-state index >= 15 is 0 Å². The van der Waals surface area contributed by atoms with Gasteiger partial charge < -0.3 is 14.8 Å². The standard InChI is InChI=1S/C25H22F5N7O/c1-35(2)15-23-32-10-11-37(23)18-5-7-21(20(27)13-18)33-24(38)9-8-22(25(28,29)30)34-36(3)17-4-6-19(26)16(12-17)14-31/h4-13H,15H2,1-3H3,(H,33,38)/b9-8+,34-22+. The van der Waals surface area contributed by atoms with Crippen LogP contribution in [0.2, 0.25) is 0 Å². The third-order valence-corrected chi connectivity index (χ3v) is 5.05. The number of hydrogen-bond donors (Lipinski definition) is 1. The van der Waals surface area contributed by atoms with Crippen LogP contribution in [0.4, 0.5) is 33.3 Å². The molecule has 1 N–H and O–H groups in total. The Bertz CT molecular complexity index is 1420. The lowest BCUT2D eigenvalue weighted by Gasteiger charge is -2.16. The molecule has 0 fully saturated rings. The van der Waals surface area contributed by atoms with Crippen LogP contribution in [0.5, 0.6) is 0 Å². The number of carbonyl (C=O) groups is 1. The van der Waals surface area contributed by atoms with E-state index in [2.05, 4.69) is 15.4 Å². The predicted octanol–water partition coefficient (Wildman–Crippen LogP) is 4.63. The summed E-state index contributed by atoms with van der Waals surface area (Å²) in [5, 5.41) is 15.3. The summed E-state index contributed by atoms with van der Waals surface area (Å²) in [7, 11) is 4.87. The molecule has 0 saturated carbocycles. The monoisotopic (exact) mass is 531 g/mol. The SMILES string of the molecule is CN(C)Cc1nccn1-c1ccc(NC(=O)/C=C/C(=N\N(C)c2ccc(F)c(C#N)c2)C(F)(F)F)c(F)c1. The number of imidazole rings is 1. The number of halogens is 5. The average Bonchev–Trinajstić information content (AvgIpc) is 3.29. The molecule has 0 atom stereocenters. The maximum atomic E-state index is 14.7. The van der Waals surface area contributed by atoms with Crippen molar-refractivity contribution in [2.75, 3.05) is 31.5 Å². The number of nitrogens with zero attached hydrogens (tertiary/aromatic N) is 6. The molecule has 0 spiro atoms. The Morgan fingerprint density at radius 3 is 2.50 bits per heavy atom. The number of hydrazone groups is 1. The number of aromatic nitrogens is 2. The van der Waals surface area contributed by atoms with Crippen LogP contribution in [0.25, 0.3) is 5.69 Å². The Kier molecular flexibility index (Phi) is 8.59. The van der Waals surface area contributed by atoms with E-state index in [1.54, 1.807) is 23.0 Å². The van der Waals surface area contributed by atoms with Gasteiger partial charge in [-0.05, 0) is 50.5 Å². The fraction of sp³-hybridized carbons (Fsp3) is 0.200. The van der Waals surface area contributed by atoms with Crippen molar-refractivity contribution in [2.24, 2.45) is 5.10 Å². The van der Waals surface area contributed by atoms with Crippen LogP contribution in [0.3, 0.4) is 0 Å². The van der Waals surface area contributed by atoms with Gasteiger partial charge in [-0.15, -0.1) is 0 Å². The van der Waals surface area contributed by atoms with Crippen molar-refractivity contribution in [1.29, 1.82) is 5.26 Å². The molecule has 3 aromatic rings. The third kappa shape index (κ3) is 7.01. The van der Waals surface area contributed by atoms with Crippen LogP contribution in [0.1, 0.15) is 11.4 Å². The second-order valence-electron chi connectivity index (χ2n) is 8.22. The van der Waals surface area contributed by atoms with Crippen LogP contribution < -0.4 is 10.3 Å². The summed E-state index contributed by atoms with van der Waals surface area (Å²) in [5.41, 5.74) is -1.61. The first-order valence-corrected chi connectivity index (χ1v) is 10.9. The van der Waals surface area contributed by atoms with E-state index in [0.717, 1.165) is 36.3 Å². The number of nitriles is 1. The number of benzene rings is 2. The van der Waals surface area contributed by atoms with Gasteiger partial charge in [0.15, 0.2) is 5.71 Å². The van der Waals surface area contributed by atoms with E-state index < -0.39 is 29.4 Å². The van der Waals surface area contributed by atoms with Gasteiger partial charge in [0.2, 0.25) is 5.91 Å². The van der Waals surface area contributed by atoms with Gasteiger partial charge in [-0.1, -0.05) is 0 Å². The molecule has 0 bridgehead atoms. The van der Waals surface area contributed by atoms with Gasteiger partial charge >= 0.3 is 6.18 Å². The van der Waals surface area contributed by atoms with Crippen molar-refractivity contribution in [1.82, 2.24) is 14.5 Å². The van der Waals surface area contributed by atoms with E-state index in [0.29, 0.717) is 30.2 Å². The molecule has 0 saturated heterocycles. The second kappa shape index (κ2) is 11.7. The normalized spacial score (nSPS) is 12.2. The Morgan fingerprint density at radius 2 is 1.87 bits per heavy atom. The van der Waals surface area contributed by atoms with Gasteiger partial charge in [-0.25, -0.2) is 13.8 Å². The average molecular weight is 531 g/mol. The van der Waals surface area contributed by atoms with Crippen LogP contribution in [-0.2, 0) is 11.3 Å². The zero-order valence-corrected chi connectivity index (χ0v) is 20.5. The Hall–Kier alpha value is -4.57. The molecule has 2 aromatic carbocycles. The summed E-state index contributed by atoms with van der Waals surface area (Å²) < 4.78 is 70.4. The summed E-state index contributed by atoms with van der Waals surface area (Å²) in [6, 6.07) is 8.65. The quantitative estimate of drug-likeness (QED) is 0.198. The summed E-state index contributed by atoms with van der Waals surface area (Å²) in [6.45, 7) is 0.497. The van der Waals surface area contributed by atoms with Gasteiger partial charge in [-0.3, -0.25) is 9.80 Å². The maximum Gasteiger partial charge on any atom is 0.435 e. The third-order valence-electron chi connectivity index (χ3n) is 5.05. The fourth-order valence-corrected chi connectivity index (χ4v) is 3.26. The fourth-order valence-electron chi connectivity index (χ4n) is 3.26. The molecule has 8 nitrogen and oxygen atoms in total. The summed E-state index contributed by atoms with van der Waals surface area (Å²) >= 11 is 0. The minimum absolute atomic E-state index is 0.0105.